The van der Waals surface area contributed by atoms with E-state index in [1.807, 2.05) is 97.1 Å². The van der Waals surface area contributed by atoms with Crippen LogP contribution in [0.5, 0.6) is 92.0 Å². The Kier molecular flexibility index (Phi) is 8.82. The molecule has 336 valence electrons. The number of ether oxygens (including phenoxy) is 8. The molecule has 4 aliphatic heterocycles. The Balaban J connectivity index is 1.23. The maximum Gasteiger partial charge on any atom is 0.169 e. The first-order chi connectivity index (χ1) is 33.0. The molecule has 0 spiro atoms. The topological polar surface area (TPSA) is 73.8 Å². The first-order valence-corrected chi connectivity index (χ1v) is 23.5. The van der Waals surface area contributed by atoms with Gasteiger partial charge in [-0.05, 0) is 100 Å². The van der Waals surface area contributed by atoms with Crippen molar-refractivity contribution >= 4 is 0 Å². The summed E-state index contributed by atoms with van der Waals surface area (Å²) in [6, 6.07) is 40.6. The van der Waals surface area contributed by atoms with Crippen molar-refractivity contribution in [3.8, 4) is 92.0 Å². The fraction of sp³-hybridized carbons (Fsp3) is 0.200. The molecule has 1 aliphatic carbocycles. The van der Waals surface area contributed by atoms with E-state index in [1.165, 1.54) is 0 Å². The predicted molar refractivity (Wildman–Crippen MR) is 261 cm³/mol. The lowest BCUT2D eigenvalue weighted by molar-refractivity contribution is 0.394. The summed E-state index contributed by atoms with van der Waals surface area (Å²) in [7, 11) is 0. The summed E-state index contributed by atoms with van der Waals surface area (Å²) >= 11 is 0. The molecule has 0 saturated carbocycles. The van der Waals surface area contributed by atoms with Gasteiger partial charge in [0, 0.05) is 90.4 Å². The molecule has 8 bridgehead atoms. The predicted octanol–water partition coefficient (Wildman–Crippen LogP) is 17.4. The monoisotopic (exact) mass is 896 g/mol. The molecule has 0 unspecified atom stereocenters. The number of fused-ring (bicyclic) bond motifs is 4. The summed E-state index contributed by atoms with van der Waals surface area (Å²) in [5, 5.41) is 0. The van der Waals surface area contributed by atoms with Gasteiger partial charge in [0.15, 0.2) is 46.0 Å². The Hall–Kier alpha value is -7.84. The fourth-order valence-electron chi connectivity index (χ4n) is 11.0. The Morgan fingerprint density at radius 1 is 0.235 bits per heavy atom. The van der Waals surface area contributed by atoms with Crippen LogP contribution in [0.1, 0.15) is 118 Å². The summed E-state index contributed by atoms with van der Waals surface area (Å²) in [5.41, 5.74) is 11.4. The normalized spacial score (nSPS) is 18.4. The van der Waals surface area contributed by atoms with Crippen molar-refractivity contribution in [1.29, 1.82) is 0 Å². The van der Waals surface area contributed by atoms with Gasteiger partial charge in [0.2, 0.25) is 0 Å². The van der Waals surface area contributed by atoms with Crippen LogP contribution in [-0.2, 0) is 0 Å². The van der Waals surface area contributed by atoms with Crippen molar-refractivity contribution in [2.75, 3.05) is 0 Å². The van der Waals surface area contributed by atoms with E-state index in [9.17, 15) is 0 Å². The number of hydrogen-bond donors (Lipinski definition) is 0. The van der Waals surface area contributed by atoms with E-state index < -0.39 is 0 Å². The van der Waals surface area contributed by atoms with Crippen LogP contribution in [0, 0.1) is 27.7 Å². The van der Waals surface area contributed by atoms with Crippen molar-refractivity contribution in [2.45, 2.75) is 79.1 Å². The van der Waals surface area contributed by atoms with E-state index in [2.05, 4.69) is 79.7 Å². The van der Waals surface area contributed by atoms with Crippen molar-refractivity contribution < 1.29 is 37.9 Å². The van der Waals surface area contributed by atoms with Crippen LogP contribution in [0.2, 0.25) is 0 Å². The Bertz CT molecular complexity index is 2830. The molecule has 8 aromatic rings. The lowest BCUT2D eigenvalue weighted by Crippen LogP contribution is -2.12. The lowest BCUT2D eigenvalue weighted by atomic mass is 9.78. The van der Waals surface area contributed by atoms with E-state index in [0.29, 0.717) is 92.0 Å². The molecule has 5 aliphatic rings. The summed E-state index contributed by atoms with van der Waals surface area (Å²) < 4.78 is 57.1. The second kappa shape index (κ2) is 14.8. The van der Waals surface area contributed by atoms with E-state index in [0.717, 1.165) is 66.8 Å². The van der Waals surface area contributed by atoms with Gasteiger partial charge in [-0.3, -0.25) is 0 Å². The molecule has 0 saturated heterocycles. The third-order valence-corrected chi connectivity index (χ3v) is 14.9. The number of hydrogen-bond acceptors (Lipinski definition) is 8. The molecule has 13 rings (SSSR count). The third-order valence-electron chi connectivity index (χ3n) is 14.9. The highest BCUT2D eigenvalue weighted by Gasteiger charge is 2.38. The van der Waals surface area contributed by atoms with Gasteiger partial charge < -0.3 is 37.9 Å². The lowest BCUT2D eigenvalue weighted by Gasteiger charge is -2.29. The first kappa shape index (κ1) is 40.4. The van der Waals surface area contributed by atoms with Crippen LogP contribution in [0.4, 0.5) is 0 Å². The van der Waals surface area contributed by atoms with Crippen LogP contribution in [0.3, 0.4) is 0 Å². The maximum atomic E-state index is 7.14. The second-order valence-electron chi connectivity index (χ2n) is 18.8. The zero-order valence-electron chi connectivity index (χ0n) is 39.1. The van der Waals surface area contributed by atoms with E-state index in [-0.39, 0.29) is 23.7 Å². The first-order valence-electron chi connectivity index (χ1n) is 23.5. The van der Waals surface area contributed by atoms with Gasteiger partial charge in [0.1, 0.15) is 46.0 Å². The highest BCUT2D eigenvalue weighted by atomic mass is 16.5. The standard InChI is InChI=1S/C60H48O8/c1-29-37-25-39-30(2)41-27-43-32(4)44-28-42-31(3)40-26-38(29)54-34(6)56(40)64-48-20-12-14-22-50(48)66-58(42)36(8)60(44)68-52-24-16-15-23-51(52)67-59(43)35(7)57(41)65-49-21-13-11-19-47(49)63-55(39)33(5)53(37)61-45-17-9-10-18-46(45)62-54/h9-32H,1-8H3. The molecule has 8 heteroatoms. The van der Waals surface area contributed by atoms with Crippen molar-refractivity contribution in [3.63, 3.8) is 0 Å². The minimum absolute atomic E-state index is 0.241. The fourth-order valence-corrected chi connectivity index (χ4v) is 11.0. The Labute approximate surface area is 395 Å². The molecule has 0 fully saturated rings. The van der Waals surface area contributed by atoms with Crippen LogP contribution in [0.25, 0.3) is 0 Å². The van der Waals surface area contributed by atoms with Crippen LogP contribution in [-0.4, -0.2) is 0 Å². The summed E-state index contributed by atoms with van der Waals surface area (Å²) in [5.74, 6) is 9.42. The smallest absolute Gasteiger partial charge is 0.169 e. The van der Waals surface area contributed by atoms with Gasteiger partial charge in [0.05, 0.1) is 0 Å². The minimum atomic E-state index is -0.241. The zero-order valence-corrected chi connectivity index (χ0v) is 39.1. The summed E-state index contributed by atoms with van der Waals surface area (Å²) in [6.07, 6.45) is 0. The van der Waals surface area contributed by atoms with Crippen molar-refractivity contribution in [1.82, 2.24) is 0 Å². The van der Waals surface area contributed by atoms with Crippen molar-refractivity contribution in [2.24, 2.45) is 0 Å². The highest BCUT2D eigenvalue weighted by molar-refractivity contribution is 5.72. The molecule has 8 nitrogen and oxygen atoms in total. The van der Waals surface area contributed by atoms with Gasteiger partial charge >= 0.3 is 0 Å². The molecular weight excluding hydrogens is 849 g/mol. The molecule has 0 amide bonds. The van der Waals surface area contributed by atoms with Gasteiger partial charge in [0.25, 0.3) is 0 Å². The highest BCUT2D eigenvalue weighted by Crippen LogP contribution is 2.60. The number of para-hydroxylation sites is 8. The van der Waals surface area contributed by atoms with E-state index in [1.54, 1.807) is 0 Å². The molecule has 68 heavy (non-hydrogen) atoms. The third kappa shape index (κ3) is 5.85. The molecule has 0 radical (unpaired) electrons. The van der Waals surface area contributed by atoms with Crippen LogP contribution in [0.15, 0.2) is 121 Å². The zero-order chi connectivity index (χ0) is 46.3. The number of benzene rings is 8. The molecule has 0 atom stereocenters. The quantitative estimate of drug-likeness (QED) is 0.149. The maximum absolute atomic E-state index is 7.14. The average Bonchev–Trinajstić information content (AvgIpc) is 3.48. The Morgan fingerprint density at radius 2 is 0.368 bits per heavy atom. The summed E-state index contributed by atoms with van der Waals surface area (Å²) in [4.78, 5) is 0. The largest absolute Gasteiger partial charge is 0.453 e. The minimum Gasteiger partial charge on any atom is -0.453 e. The van der Waals surface area contributed by atoms with Crippen molar-refractivity contribution in [3.05, 3.63) is 188 Å². The number of rotatable bonds is 0. The van der Waals surface area contributed by atoms with E-state index >= 15 is 0 Å². The van der Waals surface area contributed by atoms with Crippen LogP contribution >= 0.6 is 0 Å². The van der Waals surface area contributed by atoms with Gasteiger partial charge in [-0.15, -0.1) is 0 Å². The Morgan fingerprint density at radius 3 is 0.500 bits per heavy atom. The van der Waals surface area contributed by atoms with E-state index in [4.69, 9.17) is 37.9 Å². The molecule has 4 heterocycles. The summed E-state index contributed by atoms with van der Waals surface area (Å²) in [6.45, 7) is 17.4. The molecular formula is C60H48O8. The van der Waals surface area contributed by atoms with Crippen LogP contribution < -0.4 is 37.9 Å². The average molecular weight is 897 g/mol. The molecule has 0 aromatic heterocycles. The SMILES string of the molecule is Cc1c2c3cc4c1Oc1ccccc1Oc1c(cc5c(c1C)Oc1ccccc1Oc1c(cc6c(c1C)Oc1ccccc1Oc1c(cc(c(c1C)Oc1ccccc1O2)C3C)C6C)C5C)C4C. The molecule has 0 N–H and O–H groups in total. The van der Waals surface area contributed by atoms with Gasteiger partial charge in [-0.2, -0.15) is 0 Å². The van der Waals surface area contributed by atoms with Gasteiger partial charge in [-0.25, -0.2) is 0 Å². The van der Waals surface area contributed by atoms with Gasteiger partial charge in [-0.1, -0.05) is 76.2 Å². The second-order valence-corrected chi connectivity index (χ2v) is 18.8. The molecule has 8 aromatic carbocycles.